The van der Waals surface area contributed by atoms with Crippen LogP contribution in [0.3, 0.4) is 0 Å². The Morgan fingerprint density at radius 2 is 1.85 bits per heavy atom. The lowest BCUT2D eigenvalue weighted by Crippen LogP contribution is -2.37. The Kier molecular flexibility index (Phi) is 2.95. The van der Waals surface area contributed by atoms with Crippen LogP contribution in [0.2, 0.25) is 0 Å². The van der Waals surface area contributed by atoms with Crippen molar-refractivity contribution in [2.24, 2.45) is 0 Å². The molecule has 13 heavy (non-hydrogen) atoms. The van der Waals surface area contributed by atoms with Gasteiger partial charge >= 0.3 is 0 Å². The maximum absolute atomic E-state index is 11.3. The predicted octanol–water partition coefficient (Wildman–Crippen LogP) is 0.521. The van der Waals surface area contributed by atoms with Gasteiger partial charge in [-0.2, -0.15) is 0 Å². The minimum absolute atomic E-state index is 0.333. The molecule has 1 aliphatic heterocycles. The maximum Gasteiger partial charge on any atom is 0.236 e. The number of halogens is 1. The quantitative estimate of drug-likeness (QED) is 0.633. The molecule has 0 amide bonds. The van der Waals surface area contributed by atoms with Crippen molar-refractivity contribution in [2.45, 2.75) is 30.3 Å². The number of hydrogen-bond acceptors (Lipinski definition) is 4. The van der Waals surface area contributed by atoms with Crippen LogP contribution in [0, 0.1) is 0 Å². The van der Waals surface area contributed by atoms with Gasteiger partial charge in [0.05, 0.1) is 16.3 Å². The van der Waals surface area contributed by atoms with Crippen LogP contribution in [0.4, 0.5) is 0 Å². The molecular weight excluding hydrogens is 236 g/mol. The highest BCUT2D eigenvalue weighted by atomic mass is 35.7. The van der Waals surface area contributed by atoms with Crippen molar-refractivity contribution in [3.05, 3.63) is 0 Å². The van der Waals surface area contributed by atoms with Gasteiger partial charge in [0.25, 0.3) is 0 Å². The smallest absolute Gasteiger partial charge is 0.229 e. The molecule has 0 aromatic rings. The van der Waals surface area contributed by atoms with Gasteiger partial charge in [0.2, 0.25) is 9.05 Å². The van der Waals surface area contributed by atoms with Crippen LogP contribution in [0.15, 0.2) is 0 Å². The first-order chi connectivity index (χ1) is 5.73. The van der Waals surface area contributed by atoms with Gasteiger partial charge in [-0.15, -0.1) is 0 Å². The molecule has 0 aliphatic carbocycles. The second-order valence-corrected chi connectivity index (χ2v) is 8.69. The molecule has 4 nitrogen and oxygen atoms in total. The van der Waals surface area contributed by atoms with E-state index in [2.05, 4.69) is 0 Å². The summed E-state index contributed by atoms with van der Waals surface area (Å²) in [7, 11) is -1.89. The van der Waals surface area contributed by atoms with Crippen molar-refractivity contribution in [1.82, 2.24) is 0 Å². The Morgan fingerprint density at radius 3 is 2.23 bits per heavy atom. The Labute approximate surface area is 82.6 Å². The van der Waals surface area contributed by atoms with Crippen molar-refractivity contribution in [3.8, 4) is 0 Å². The summed E-state index contributed by atoms with van der Waals surface area (Å²) in [6.45, 7) is 1.59. The molecule has 0 saturated carbocycles. The molecule has 1 heterocycles. The van der Waals surface area contributed by atoms with Crippen molar-refractivity contribution in [3.63, 3.8) is 0 Å². The lowest BCUT2D eigenvalue weighted by Gasteiger charge is -2.23. The third-order valence-corrected chi connectivity index (χ3v) is 6.82. The SMILES string of the molecule is CC1CCC(S(=O)(=O)Cl)CS1(=O)=O. The maximum atomic E-state index is 11.3. The minimum Gasteiger partial charge on any atom is -0.229 e. The van der Waals surface area contributed by atoms with Crippen molar-refractivity contribution < 1.29 is 16.8 Å². The minimum atomic E-state index is -3.73. The van der Waals surface area contributed by atoms with E-state index < -0.39 is 29.4 Å². The first-order valence-corrected chi connectivity index (χ1v) is 7.97. The third-order valence-electron chi connectivity index (χ3n) is 2.32. The van der Waals surface area contributed by atoms with E-state index in [4.69, 9.17) is 10.7 Å². The third kappa shape index (κ3) is 2.57. The summed E-state index contributed by atoms with van der Waals surface area (Å²) in [5.41, 5.74) is 0. The van der Waals surface area contributed by atoms with Gasteiger partial charge in [-0.25, -0.2) is 16.8 Å². The second-order valence-electron chi connectivity index (χ2n) is 3.32. The molecule has 78 valence electrons. The highest BCUT2D eigenvalue weighted by Gasteiger charge is 2.37. The number of hydrogen-bond donors (Lipinski definition) is 0. The zero-order valence-electron chi connectivity index (χ0n) is 7.10. The summed E-state index contributed by atoms with van der Waals surface area (Å²) in [5, 5.41) is -1.36. The average Bonchev–Trinajstić information content (AvgIpc) is 1.92. The van der Waals surface area contributed by atoms with Gasteiger partial charge in [-0.1, -0.05) is 0 Å². The second kappa shape index (κ2) is 3.40. The molecular formula is C6H11ClO4S2. The monoisotopic (exact) mass is 246 g/mol. The summed E-state index contributed by atoms with van der Waals surface area (Å²) >= 11 is 0. The molecule has 0 aromatic carbocycles. The van der Waals surface area contributed by atoms with Crippen LogP contribution < -0.4 is 0 Å². The van der Waals surface area contributed by atoms with E-state index in [1.165, 1.54) is 0 Å². The number of rotatable bonds is 1. The topological polar surface area (TPSA) is 68.3 Å². The molecule has 0 aromatic heterocycles. The van der Waals surface area contributed by atoms with Gasteiger partial charge in [0.15, 0.2) is 9.84 Å². The predicted molar refractivity (Wildman–Crippen MR) is 51.0 cm³/mol. The van der Waals surface area contributed by atoms with Crippen LogP contribution in [0.1, 0.15) is 19.8 Å². The first kappa shape index (κ1) is 11.3. The van der Waals surface area contributed by atoms with E-state index in [1.54, 1.807) is 6.92 Å². The Hall–Kier alpha value is 0.190. The summed E-state index contributed by atoms with van der Waals surface area (Å²) in [6.07, 6.45) is 0.713. The van der Waals surface area contributed by atoms with E-state index in [0.29, 0.717) is 12.8 Å². The molecule has 1 aliphatic rings. The van der Waals surface area contributed by atoms with Crippen LogP contribution in [-0.4, -0.2) is 33.1 Å². The van der Waals surface area contributed by atoms with Crippen LogP contribution in [0.5, 0.6) is 0 Å². The fourth-order valence-electron chi connectivity index (χ4n) is 1.33. The number of sulfone groups is 1. The molecule has 7 heteroatoms. The van der Waals surface area contributed by atoms with Crippen molar-refractivity contribution in [1.29, 1.82) is 0 Å². The van der Waals surface area contributed by atoms with Crippen LogP contribution in [0.25, 0.3) is 0 Å². The van der Waals surface area contributed by atoms with E-state index in [0.717, 1.165) is 0 Å². The molecule has 0 N–H and O–H groups in total. The van der Waals surface area contributed by atoms with Crippen molar-refractivity contribution in [2.75, 3.05) is 5.75 Å². The highest BCUT2D eigenvalue weighted by Crippen LogP contribution is 2.25. The van der Waals surface area contributed by atoms with Gasteiger partial charge in [-0.3, -0.25) is 0 Å². The fraction of sp³-hybridized carbons (Fsp3) is 1.00. The standard InChI is InChI=1S/C6H11ClO4S2/c1-5-2-3-6(13(7,10)11)4-12(5,8)9/h5-6H,2-4H2,1H3. The molecule has 1 saturated heterocycles. The van der Waals surface area contributed by atoms with Crippen molar-refractivity contribution >= 4 is 29.6 Å². The van der Waals surface area contributed by atoms with E-state index in [-0.39, 0.29) is 5.75 Å². The summed E-state index contributed by atoms with van der Waals surface area (Å²) < 4.78 is 44.4. The average molecular weight is 247 g/mol. The van der Waals surface area contributed by atoms with Gasteiger partial charge in [0, 0.05) is 10.7 Å². The summed E-state index contributed by atoms with van der Waals surface area (Å²) in [4.78, 5) is 0. The molecule has 0 bridgehead atoms. The summed E-state index contributed by atoms with van der Waals surface area (Å²) in [5.74, 6) is -0.333. The zero-order chi connectivity index (χ0) is 10.3. The normalized spacial score (nSPS) is 34.3. The van der Waals surface area contributed by atoms with Gasteiger partial charge < -0.3 is 0 Å². The molecule has 2 unspecified atom stereocenters. The van der Waals surface area contributed by atoms with Gasteiger partial charge in [0.1, 0.15) is 0 Å². The lowest BCUT2D eigenvalue weighted by atomic mass is 10.2. The Balaban J connectivity index is 2.91. The lowest BCUT2D eigenvalue weighted by molar-refractivity contribution is 0.538. The van der Waals surface area contributed by atoms with Crippen LogP contribution >= 0.6 is 10.7 Å². The Bertz CT molecular complexity index is 383. The van der Waals surface area contributed by atoms with E-state index in [9.17, 15) is 16.8 Å². The molecule has 2 atom stereocenters. The van der Waals surface area contributed by atoms with E-state index >= 15 is 0 Å². The molecule has 0 radical (unpaired) electrons. The first-order valence-electron chi connectivity index (χ1n) is 3.88. The zero-order valence-corrected chi connectivity index (χ0v) is 9.49. The summed E-state index contributed by atoms with van der Waals surface area (Å²) in [6, 6.07) is 0. The Morgan fingerprint density at radius 1 is 1.31 bits per heavy atom. The fourth-order valence-corrected chi connectivity index (χ4v) is 5.20. The molecule has 1 fully saturated rings. The van der Waals surface area contributed by atoms with Crippen LogP contribution in [-0.2, 0) is 18.9 Å². The molecule has 0 spiro atoms. The molecule has 1 rings (SSSR count). The largest absolute Gasteiger partial charge is 0.236 e. The highest BCUT2D eigenvalue weighted by molar-refractivity contribution is 8.14. The van der Waals surface area contributed by atoms with Gasteiger partial charge in [-0.05, 0) is 19.8 Å². The van der Waals surface area contributed by atoms with E-state index in [1.807, 2.05) is 0 Å².